The van der Waals surface area contributed by atoms with Crippen LogP contribution in [-0.4, -0.2) is 65.5 Å². The molecule has 2 saturated heterocycles. The summed E-state index contributed by atoms with van der Waals surface area (Å²) in [6, 6.07) is 0.419. The van der Waals surface area contributed by atoms with E-state index in [1.54, 1.807) is 4.90 Å². The van der Waals surface area contributed by atoms with Crippen molar-refractivity contribution in [2.24, 2.45) is 17.1 Å². The van der Waals surface area contributed by atoms with E-state index in [-0.39, 0.29) is 48.2 Å². The van der Waals surface area contributed by atoms with Crippen LogP contribution in [0.1, 0.15) is 39.5 Å². The second kappa shape index (κ2) is 5.85. The number of nitrogens with zero attached hydrogens (tertiary/aromatic N) is 2. The van der Waals surface area contributed by atoms with Crippen molar-refractivity contribution in [1.29, 1.82) is 0 Å². The molecule has 0 aromatic carbocycles. The molecule has 0 aromatic heterocycles. The molecule has 0 spiro atoms. The standard InChI is InChI=1S/C17H27N3O3.ClH/c1-16(2)14-12(4-3-9-23-14)17(16,18)15(22)19-7-8-20(11-5-6-11)13(21)10-19;/h11-12,14H,3-10,18H2,1-2H3;1H. The number of hydrogen-bond acceptors (Lipinski definition) is 4. The summed E-state index contributed by atoms with van der Waals surface area (Å²) in [5.74, 6) is 0.0950. The number of carbonyl (C=O) groups excluding carboxylic acids is 2. The van der Waals surface area contributed by atoms with Crippen molar-refractivity contribution in [1.82, 2.24) is 9.80 Å². The number of hydrogen-bond donors (Lipinski definition) is 1. The molecule has 3 atom stereocenters. The summed E-state index contributed by atoms with van der Waals surface area (Å²) >= 11 is 0. The molecule has 136 valence electrons. The molecule has 2 amide bonds. The molecule has 7 heteroatoms. The van der Waals surface area contributed by atoms with Gasteiger partial charge in [0.15, 0.2) is 0 Å². The maximum absolute atomic E-state index is 13.2. The van der Waals surface area contributed by atoms with Crippen LogP contribution < -0.4 is 5.73 Å². The molecule has 4 aliphatic rings. The number of carbonyl (C=O) groups is 2. The van der Waals surface area contributed by atoms with Gasteiger partial charge in [0.05, 0.1) is 12.6 Å². The second-order valence-electron chi connectivity index (χ2n) is 8.18. The highest BCUT2D eigenvalue weighted by Gasteiger charge is 2.71. The van der Waals surface area contributed by atoms with E-state index in [0.29, 0.717) is 19.1 Å². The Morgan fingerprint density at radius 1 is 1.25 bits per heavy atom. The van der Waals surface area contributed by atoms with E-state index in [2.05, 4.69) is 0 Å². The largest absolute Gasteiger partial charge is 0.377 e. The van der Waals surface area contributed by atoms with Gasteiger partial charge in [-0.3, -0.25) is 9.59 Å². The van der Waals surface area contributed by atoms with Crippen LogP contribution in [0.4, 0.5) is 0 Å². The van der Waals surface area contributed by atoms with Crippen LogP contribution in [-0.2, 0) is 14.3 Å². The first-order chi connectivity index (χ1) is 10.9. The van der Waals surface area contributed by atoms with Crippen molar-refractivity contribution in [2.75, 3.05) is 26.2 Å². The average molecular weight is 358 g/mol. The van der Waals surface area contributed by atoms with E-state index in [0.717, 1.165) is 32.3 Å². The zero-order valence-corrected chi connectivity index (χ0v) is 15.3. The van der Waals surface area contributed by atoms with E-state index in [9.17, 15) is 9.59 Å². The van der Waals surface area contributed by atoms with E-state index in [1.165, 1.54) is 0 Å². The Kier molecular flexibility index (Phi) is 4.38. The molecule has 2 heterocycles. The third-order valence-corrected chi connectivity index (χ3v) is 6.57. The van der Waals surface area contributed by atoms with E-state index >= 15 is 0 Å². The lowest BCUT2D eigenvalue weighted by Crippen LogP contribution is -2.83. The normalized spacial score (nSPS) is 38.0. The van der Waals surface area contributed by atoms with Crippen molar-refractivity contribution in [3.8, 4) is 0 Å². The molecular formula is C17H28ClN3O3. The summed E-state index contributed by atoms with van der Waals surface area (Å²) < 4.78 is 5.88. The molecule has 4 rings (SSSR count). The first-order valence-electron chi connectivity index (χ1n) is 8.86. The minimum absolute atomic E-state index is 0. The van der Waals surface area contributed by atoms with Gasteiger partial charge in [-0.15, -0.1) is 12.4 Å². The van der Waals surface area contributed by atoms with E-state index in [4.69, 9.17) is 10.5 Å². The third kappa shape index (κ3) is 2.30. The number of halogens is 1. The maximum Gasteiger partial charge on any atom is 0.244 e. The molecule has 4 fully saturated rings. The zero-order chi connectivity index (χ0) is 16.4. The molecule has 0 bridgehead atoms. The second-order valence-corrected chi connectivity index (χ2v) is 8.18. The molecule has 2 aliphatic carbocycles. The molecule has 6 nitrogen and oxygen atoms in total. The summed E-state index contributed by atoms with van der Waals surface area (Å²) in [6.07, 6.45) is 4.17. The minimum atomic E-state index is -0.903. The Bertz CT molecular complexity index is 551. The molecule has 2 aliphatic heterocycles. The van der Waals surface area contributed by atoms with E-state index < -0.39 is 5.54 Å². The van der Waals surface area contributed by atoms with Crippen molar-refractivity contribution in [3.63, 3.8) is 0 Å². The van der Waals surface area contributed by atoms with Gasteiger partial charge in [0.25, 0.3) is 0 Å². The van der Waals surface area contributed by atoms with Crippen LogP contribution >= 0.6 is 12.4 Å². The first-order valence-corrected chi connectivity index (χ1v) is 8.86. The summed E-state index contributed by atoms with van der Waals surface area (Å²) in [4.78, 5) is 29.1. The van der Waals surface area contributed by atoms with Gasteiger partial charge < -0.3 is 20.3 Å². The molecule has 2 saturated carbocycles. The van der Waals surface area contributed by atoms with Crippen LogP contribution in [0.2, 0.25) is 0 Å². The molecule has 0 aromatic rings. The lowest BCUT2D eigenvalue weighted by molar-refractivity contribution is -0.230. The fourth-order valence-electron chi connectivity index (χ4n) is 4.90. The Hall–Kier alpha value is -0.850. The number of piperazine rings is 1. The van der Waals surface area contributed by atoms with Crippen molar-refractivity contribution >= 4 is 24.2 Å². The van der Waals surface area contributed by atoms with Gasteiger partial charge in [-0.2, -0.15) is 0 Å². The first kappa shape index (κ1) is 18.0. The van der Waals surface area contributed by atoms with Crippen molar-refractivity contribution in [2.45, 2.75) is 57.2 Å². The van der Waals surface area contributed by atoms with Crippen LogP contribution in [0.3, 0.4) is 0 Å². The van der Waals surface area contributed by atoms with Gasteiger partial charge in [0.2, 0.25) is 11.8 Å². The summed E-state index contributed by atoms with van der Waals surface area (Å²) in [7, 11) is 0. The molecule has 24 heavy (non-hydrogen) atoms. The van der Waals surface area contributed by atoms with Crippen LogP contribution in [0.25, 0.3) is 0 Å². The highest BCUT2D eigenvalue weighted by molar-refractivity contribution is 5.93. The van der Waals surface area contributed by atoms with Gasteiger partial charge in [-0.1, -0.05) is 13.8 Å². The van der Waals surface area contributed by atoms with Gasteiger partial charge >= 0.3 is 0 Å². The summed E-state index contributed by atoms with van der Waals surface area (Å²) in [6.45, 7) is 6.25. The highest BCUT2D eigenvalue weighted by atomic mass is 35.5. The number of amides is 2. The van der Waals surface area contributed by atoms with Crippen LogP contribution in [0.15, 0.2) is 0 Å². The zero-order valence-electron chi connectivity index (χ0n) is 14.5. The van der Waals surface area contributed by atoms with E-state index in [1.807, 2.05) is 18.7 Å². The number of nitrogens with two attached hydrogens (primary N) is 1. The third-order valence-electron chi connectivity index (χ3n) is 6.57. The minimum Gasteiger partial charge on any atom is -0.377 e. The smallest absolute Gasteiger partial charge is 0.244 e. The molecular weight excluding hydrogens is 330 g/mol. The average Bonchev–Trinajstić information content (AvgIpc) is 3.38. The highest BCUT2D eigenvalue weighted by Crippen LogP contribution is 2.58. The Morgan fingerprint density at radius 3 is 2.58 bits per heavy atom. The molecule has 3 unspecified atom stereocenters. The Labute approximate surface area is 149 Å². The van der Waals surface area contributed by atoms with Crippen molar-refractivity contribution < 1.29 is 14.3 Å². The maximum atomic E-state index is 13.2. The number of fused-ring (bicyclic) bond motifs is 1. The lowest BCUT2D eigenvalue weighted by atomic mass is 9.46. The monoisotopic (exact) mass is 357 g/mol. The molecule has 2 N–H and O–H groups in total. The van der Waals surface area contributed by atoms with Gasteiger partial charge in [0.1, 0.15) is 5.54 Å². The van der Waals surface area contributed by atoms with Crippen LogP contribution in [0, 0.1) is 11.3 Å². The topological polar surface area (TPSA) is 75.9 Å². The Balaban J connectivity index is 0.00000169. The van der Waals surface area contributed by atoms with Gasteiger partial charge in [-0.05, 0) is 25.7 Å². The predicted octanol–water partition coefficient (Wildman–Crippen LogP) is 0.774. The lowest BCUT2D eigenvalue weighted by Gasteiger charge is -2.66. The number of ether oxygens (including phenoxy) is 1. The SMILES string of the molecule is CC1(C)C2OCCCC2C1(N)C(=O)N1CCN(C2CC2)C(=O)C1.Cl. The number of rotatable bonds is 2. The summed E-state index contributed by atoms with van der Waals surface area (Å²) in [5, 5.41) is 0. The Morgan fingerprint density at radius 2 is 1.96 bits per heavy atom. The van der Waals surface area contributed by atoms with Crippen LogP contribution in [0.5, 0.6) is 0 Å². The quantitative estimate of drug-likeness (QED) is 0.792. The summed E-state index contributed by atoms with van der Waals surface area (Å²) in [5.41, 5.74) is 5.38. The fraction of sp³-hybridized carbons (Fsp3) is 0.882. The molecule has 0 radical (unpaired) electrons. The fourth-order valence-corrected chi connectivity index (χ4v) is 4.90. The van der Waals surface area contributed by atoms with Crippen molar-refractivity contribution in [3.05, 3.63) is 0 Å². The predicted molar refractivity (Wildman–Crippen MR) is 91.7 cm³/mol. The van der Waals surface area contributed by atoms with Gasteiger partial charge in [-0.25, -0.2) is 0 Å². The van der Waals surface area contributed by atoms with Gasteiger partial charge in [0, 0.05) is 37.1 Å².